The Morgan fingerprint density at radius 3 is 2.36 bits per heavy atom. The molecule has 0 aliphatic heterocycles. The zero-order valence-electron chi connectivity index (χ0n) is 14.7. The Kier molecular flexibility index (Phi) is 6.30. The molecular formula is C19H16Cl4N2O3. The molecule has 0 radical (unpaired) electrons. The number of alkyl halides is 2. The number of nitrogens with one attached hydrogen (secondary N) is 2. The van der Waals surface area contributed by atoms with Crippen LogP contribution < -0.4 is 15.4 Å². The minimum Gasteiger partial charge on any atom is -0.490 e. The Balaban J connectivity index is 1.61. The van der Waals surface area contributed by atoms with Crippen LogP contribution in [0.4, 0.5) is 10.5 Å². The quantitative estimate of drug-likeness (QED) is 0.550. The Morgan fingerprint density at radius 1 is 1.18 bits per heavy atom. The van der Waals surface area contributed by atoms with E-state index in [9.17, 15) is 9.59 Å². The highest BCUT2D eigenvalue weighted by Gasteiger charge is 2.52. The number of hydrogen-bond donors (Lipinski definition) is 2. The van der Waals surface area contributed by atoms with Gasteiger partial charge in [0.15, 0.2) is 5.75 Å². The van der Waals surface area contributed by atoms with Gasteiger partial charge in [0.2, 0.25) is 0 Å². The number of aryl methyl sites for hydroxylation is 1. The van der Waals surface area contributed by atoms with Crippen LogP contribution in [0.25, 0.3) is 0 Å². The maximum atomic E-state index is 12.2. The summed E-state index contributed by atoms with van der Waals surface area (Å²) in [6.45, 7) is 2.07. The highest BCUT2D eigenvalue weighted by atomic mass is 35.5. The van der Waals surface area contributed by atoms with Crippen LogP contribution >= 0.6 is 46.4 Å². The number of carbonyl (C=O) groups excluding carboxylic acids is 2. The number of ether oxygens (including phenoxy) is 1. The Morgan fingerprint density at radius 2 is 1.79 bits per heavy atom. The molecule has 148 valence electrons. The van der Waals surface area contributed by atoms with Crippen LogP contribution in [0.2, 0.25) is 10.0 Å². The number of benzene rings is 2. The lowest BCUT2D eigenvalue weighted by molar-refractivity contribution is 0.0966. The number of rotatable bonds is 5. The fourth-order valence-electron chi connectivity index (χ4n) is 2.56. The van der Waals surface area contributed by atoms with Gasteiger partial charge in [-0.25, -0.2) is 4.79 Å². The van der Waals surface area contributed by atoms with Crippen LogP contribution in [0.3, 0.4) is 0 Å². The van der Waals surface area contributed by atoms with E-state index in [2.05, 4.69) is 10.6 Å². The first kappa shape index (κ1) is 21.1. The van der Waals surface area contributed by atoms with Gasteiger partial charge in [-0.15, -0.1) is 23.2 Å². The Labute approximate surface area is 182 Å². The van der Waals surface area contributed by atoms with E-state index >= 15 is 0 Å². The number of halogens is 4. The van der Waals surface area contributed by atoms with E-state index in [-0.39, 0.29) is 28.3 Å². The highest BCUT2D eigenvalue weighted by molar-refractivity contribution is 6.50. The predicted octanol–water partition coefficient (Wildman–Crippen LogP) is 5.84. The summed E-state index contributed by atoms with van der Waals surface area (Å²) in [5.74, 6) is -0.219. The molecule has 1 aliphatic carbocycles. The summed E-state index contributed by atoms with van der Waals surface area (Å²) in [6.07, 6.45) is 0.639. The van der Waals surface area contributed by atoms with Crippen molar-refractivity contribution in [1.82, 2.24) is 5.32 Å². The van der Waals surface area contributed by atoms with Crippen molar-refractivity contribution < 1.29 is 14.3 Å². The molecule has 1 fully saturated rings. The fourth-order valence-corrected chi connectivity index (χ4v) is 3.66. The molecule has 1 aliphatic rings. The van der Waals surface area contributed by atoms with Crippen LogP contribution in [0, 0.1) is 12.8 Å². The van der Waals surface area contributed by atoms with E-state index in [4.69, 9.17) is 51.1 Å². The molecule has 9 heteroatoms. The molecule has 0 bridgehead atoms. The average molecular weight is 462 g/mol. The van der Waals surface area contributed by atoms with Gasteiger partial charge < -0.3 is 10.1 Å². The summed E-state index contributed by atoms with van der Waals surface area (Å²) >= 11 is 24.3. The number of hydrogen-bond acceptors (Lipinski definition) is 3. The lowest BCUT2D eigenvalue weighted by Crippen LogP contribution is -2.34. The van der Waals surface area contributed by atoms with Gasteiger partial charge in [-0.1, -0.05) is 41.4 Å². The maximum absolute atomic E-state index is 12.2. The van der Waals surface area contributed by atoms with Crippen molar-refractivity contribution in [3.8, 4) is 5.75 Å². The third-order valence-corrected chi connectivity index (χ3v) is 5.74. The molecule has 2 aromatic rings. The SMILES string of the molecule is Cc1ccccc1C(=O)NC(=O)Nc1cc(Cl)c(OCC2CC2(Cl)Cl)c(Cl)c1. The van der Waals surface area contributed by atoms with Crippen molar-refractivity contribution >= 4 is 64.0 Å². The number of carbonyl (C=O) groups is 2. The van der Waals surface area contributed by atoms with E-state index in [0.717, 1.165) is 5.56 Å². The second-order valence-electron chi connectivity index (χ2n) is 6.47. The van der Waals surface area contributed by atoms with Gasteiger partial charge in [-0.05, 0) is 37.1 Å². The number of urea groups is 1. The summed E-state index contributed by atoms with van der Waals surface area (Å²) < 4.78 is 4.85. The third-order valence-electron chi connectivity index (χ3n) is 4.26. The molecule has 3 amide bonds. The molecule has 0 aromatic heterocycles. The molecule has 3 rings (SSSR count). The van der Waals surface area contributed by atoms with Crippen molar-refractivity contribution in [3.63, 3.8) is 0 Å². The molecule has 5 nitrogen and oxygen atoms in total. The molecule has 0 saturated heterocycles. The fraction of sp³-hybridized carbons (Fsp3) is 0.263. The smallest absolute Gasteiger partial charge is 0.326 e. The summed E-state index contributed by atoms with van der Waals surface area (Å²) in [6, 6.07) is 9.19. The van der Waals surface area contributed by atoms with Crippen molar-refractivity contribution in [2.75, 3.05) is 11.9 Å². The second-order valence-corrected chi connectivity index (χ2v) is 8.82. The molecular weight excluding hydrogens is 446 g/mol. The van der Waals surface area contributed by atoms with Crippen LogP contribution in [0.5, 0.6) is 5.75 Å². The van der Waals surface area contributed by atoms with Gasteiger partial charge in [0.25, 0.3) is 5.91 Å². The first-order valence-electron chi connectivity index (χ1n) is 8.35. The summed E-state index contributed by atoms with van der Waals surface area (Å²) in [5, 5.41) is 5.21. The van der Waals surface area contributed by atoms with Gasteiger partial charge in [-0.3, -0.25) is 10.1 Å². The Hall–Kier alpha value is -1.66. The molecule has 2 aromatic carbocycles. The van der Waals surface area contributed by atoms with Crippen molar-refractivity contribution in [2.45, 2.75) is 17.7 Å². The van der Waals surface area contributed by atoms with E-state index in [1.54, 1.807) is 25.1 Å². The molecule has 1 saturated carbocycles. The topological polar surface area (TPSA) is 67.4 Å². The molecule has 0 spiro atoms. The van der Waals surface area contributed by atoms with E-state index in [1.165, 1.54) is 12.1 Å². The summed E-state index contributed by atoms with van der Waals surface area (Å²) in [7, 11) is 0. The monoisotopic (exact) mass is 460 g/mol. The average Bonchev–Trinajstić information content (AvgIpc) is 3.21. The van der Waals surface area contributed by atoms with Gasteiger partial charge in [0.1, 0.15) is 4.33 Å². The van der Waals surface area contributed by atoms with Gasteiger partial charge >= 0.3 is 6.03 Å². The second kappa shape index (κ2) is 8.37. The zero-order valence-corrected chi connectivity index (χ0v) is 17.7. The molecule has 0 heterocycles. The third kappa shape index (κ3) is 5.03. The van der Waals surface area contributed by atoms with Crippen molar-refractivity contribution in [3.05, 3.63) is 57.6 Å². The maximum Gasteiger partial charge on any atom is 0.326 e. The zero-order chi connectivity index (χ0) is 20.5. The van der Waals surface area contributed by atoms with Crippen LogP contribution in [0.1, 0.15) is 22.3 Å². The molecule has 1 atom stereocenters. The number of anilines is 1. The van der Waals surface area contributed by atoms with E-state index in [0.29, 0.717) is 17.7 Å². The predicted molar refractivity (Wildman–Crippen MR) is 112 cm³/mol. The van der Waals surface area contributed by atoms with Gasteiger partial charge in [0, 0.05) is 17.2 Å². The summed E-state index contributed by atoms with van der Waals surface area (Å²) in [5.41, 5.74) is 1.48. The lowest BCUT2D eigenvalue weighted by Gasteiger charge is -2.13. The van der Waals surface area contributed by atoms with E-state index < -0.39 is 16.3 Å². The molecule has 2 N–H and O–H groups in total. The van der Waals surface area contributed by atoms with Gasteiger partial charge in [-0.2, -0.15) is 0 Å². The standard InChI is InChI=1S/C19H16Cl4N2O3/c1-10-4-2-3-5-13(10)17(26)25-18(27)24-12-6-14(20)16(15(21)7-12)28-9-11-8-19(11,22)23/h2-7,11H,8-9H2,1H3,(H2,24,25,26,27). The molecule has 1 unspecified atom stereocenters. The normalized spacial score (nSPS) is 17.0. The van der Waals surface area contributed by atoms with Crippen molar-refractivity contribution in [2.24, 2.45) is 5.92 Å². The van der Waals surface area contributed by atoms with Crippen molar-refractivity contribution in [1.29, 1.82) is 0 Å². The van der Waals surface area contributed by atoms with Crippen LogP contribution in [-0.4, -0.2) is 22.9 Å². The van der Waals surface area contributed by atoms with E-state index in [1.807, 2.05) is 6.07 Å². The highest BCUT2D eigenvalue weighted by Crippen LogP contribution is 2.53. The first-order chi connectivity index (χ1) is 13.2. The summed E-state index contributed by atoms with van der Waals surface area (Å²) in [4.78, 5) is 24.3. The largest absolute Gasteiger partial charge is 0.490 e. The number of imide groups is 1. The minimum atomic E-state index is -0.762. The number of amides is 3. The lowest BCUT2D eigenvalue weighted by atomic mass is 10.1. The first-order valence-corrected chi connectivity index (χ1v) is 9.86. The van der Waals surface area contributed by atoms with Crippen LogP contribution in [-0.2, 0) is 0 Å². The minimum absolute atomic E-state index is 0.0130. The Bertz CT molecular complexity index is 910. The van der Waals surface area contributed by atoms with Gasteiger partial charge in [0.05, 0.1) is 16.7 Å². The van der Waals surface area contributed by atoms with Crippen LogP contribution in [0.15, 0.2) is 36.4 Å². The molecule has 28 heavy (non-hydrogen) atoms.